The molecule has 146 valence electrons. The molecule has 26 heavy (non-hydrogen) atoms. The van der Waals surface area contributed by atoms with E-state index in [2.05, 4.69) is 10.2 Å². The highest BCUT2D eigenvalue weighted by Crippen LogP contribution is 2.26. The van der Waals surface area contributed by atoms with Gasteiger partial charge in [0, 0.05) is 51.7 Å². The number of aryl methyl sites for hydroxylation is 1. The summed E-state index contributed by atoms with van der Waals surface area (Å²) >= 11 is 0. The third-order valence-corrected chi connectivity index (χ3v) is 5.28. The van der Waals surface area contributed by atoms with Crippen LogP contribution < -0.4 is 14.8 Å². The number of ether oxygens (including phenoxy) is 2. The highest BCUT2D eigenvalue weighted by molar-refractivity contribution is 5.85. The molecule has 0 radical (unpaired) electrons. The molecule has 2 heterocycles. The second-order valence-corrected chi connectivity index (χ2v) is 6.75. The van der Waals surface area contributed by atoms with Crippen molar-refractivity contribution in [1.29, 1.82) is 0 Å². The quantitative estimate of drug-likeness (QED) is 0.808. The number of rotatable bonds is 6. The molecule has 6 nitrogen and oxygen atoms in total. The fourth-order valence-electron chi connectivity index (χ4n) is 3.79. The summed E-state index contributed by atoms with van der Waals surface area (Å²) in [5.74, 6) is 1.85. The molecule has 7 heteroatoms. The van der Waals surface area contributed by atoms with E-state index < -0.39 is 0 Å². The lowest BCUT2D eigenvalue weighted by molar-refractivity contribution is -0.130. The van der Waals surface area contributed by atoms with Crippen molar-refractivity contribution in [2.24, 2.45) is 0 Å². The number of piperazine rings is 1. The van der Waals surface area contributed by atoms with Crippen molar-refractivity contribution >= 4 is 18.3 Å². The fraction of sp³-hybridized carbons (Fsp3) is 0.632. The van der Waals surface area contributed by atoms with Crippen LogP contribution in [0.15, 0.2) is 18.2 Å². The Morgan fingerprint density at radius 3 is 2.65 bits per heavy atom. The van der Waals surface area contributed by atoms with Gasteiger partial charge in [-0.05, 0) is 36.6 Å². The average Bonchev–Trinajstić information content (AvgIpc) is 3.17. The van der Waals surface area contributed by atoms with Gasteiger partial charge in [0.1, 0.15) is 11.5 Å². The van der Waals surface area contributed by atoms with Gasteiger partial charge < -0.3 is 19.7 Å². The maximum Gasteiger partial charge on any atom is 0.222 e. The molecule has 1 aromatic rings. The molecule has 0 aliphatic carbocycles. The summed E-state index contributed by atoms with van der Waals surface area (Å²) in [4.78, 5) is 17.2. The number of nitrogens with zero attached hydrogens (tertiary/aromatic N) is 2. The summed E-state index contributed by atoms with van der Waals surface area (Å²) in [6, 6.07) is 6.26. The van der Waals surface area contributed by atoms with E-state index in [-0.39, 0.29) is 18.3 Å². The summed E-state index contributed by atoms with van der Waals surface area (Å²) < 4.78 is 10.7. The molecular formula is C19H30ClN3O3. The number of methoxy groups -OCH3 is 2. The molecular weight excluding hydrogens is 354 g/mol. The first-order valence-corrected chi connectivity index (χ1v) is 9.14. The van der Waals surface area contributed by atoms with Gasteiger partial charge in [0.05, 0.1) is 14.2 Å². The van der Waals surface area contributed by atoms with Crippen LogP contribution in [0.5, 0.6) is 11.5 Å². The van der Waals surface area contributed by atoms with Crippen LogP contribution in [0.25, 0.3) is 0 Å². The number of carbonyl (C=O) groups excluding carboxylic acids is 1. The van der Waals surface area contributed by atoms with E-state index >= 15 is 0 Å². The molecule has 0 spiro atoms. The van der Waals surface area contributed by atoms with Gasteiger partial charge in [-0.3, -0.25) is 9.69 Å². The SMILES string of the molecule is COc1ccc(OC)c(CCC(=O)N2CCC(N3CCNCC3)C2)c1.Cl. The van der Waals surface area contributed by atoms with Crippen molar-refractivity contribution < 1.29 is 14.3 Å². The molecule has 0 aromatic heterocycles. The molecule has 1 atom stereocenters. The molecule has 2 fully saturated rings. The number of likely N-dealkylation sites (tertiary alicyclic amines) is 1. The Labute approximate surface area is 162 Å². The zero-order chi connectivity index (χ0) is 17.6. The zero-order valence-corrected chi connectivity index (χ0v) is 16.5. The molecule has 1 amide bonds. The smallest absolute Gasteiger partial charge is 0.222 e. The van der Waals surface area contributed by atoms with Gasteiger partial charge in [-0.25, -0.2) is 0 Å². The number of carbonyl (C=O) groups is 1. The Balaban J connectivity index is 0.00000243. The van der Waals surface area contributed by atoms with E-state index in [4.69, 9.17) is 9.47 Å². The Bertz CT molecular complexity index is 593. The zero-order valence-electron chi connectivity index (χ0n) is 15.7. The monoisotopic (exact) mass is 383 g/mol. The summed E-state index contributed by atoms with van der Waals surface area (Å²) in [6.45, 7) is 6.04. The van der Waals surface area contributed by atoms with E-state index in [0.717, 1.165) is 62.8 Å². The first-order valence-electron chi connectivity index (χ1n) is 9.14. The van der Waals surface area contributed by atoms with Crippen LogP contribution in [0, 0.1) is 0 Å². The van der Waals surface area contributed by atoms with Crippen LogP contribution in [0.1, 0.15) is 18.4 Å². The van der Waals surface area contributed by atoms with Crippen molar-refractivity contribution in [2.75, 3.05) is 53.5 Å². The van der Waals surface area contributed by atoms with Gasteiger partial charge in [0.15, 0.2) is 0 Å². The van der Waals surface area contributed by atoms with Crippen molar-refractivity contribution in [1.82, 2.24) is 15.1 Å². The van der Waals surface area contributed by atoms with Gasteiger partial charge in [0.2, 0.25) is 5.91 Å². The third-order valence-electron chi connectivity index (χ3n) is 5.28. The summed E-state index contributed by atoms with van der Waals surface area (Å²) in [7, 11) is 3.31. The van der Waals surface area contributed by atoms with Crippen LogP contribution in [0.2, 0.25) is 0 Å². The Morgan fingerprint density at radius 2 is 1.96 bits per heavy atom. The van der Waals surface area contributed by atoms with Crippen molar-refractivity contribution in [3.63, 3.8) is 0 Å². The Hall–Kier alpha value is -1.50. The maximum atomic E-state index is 12.6. The largest absolute Gasteiger partial charge is 0.497 e. The van der Waals surface area contributed by atoms with Crippen LogP contribution in [0.3, 0.4) is 0 Å². The first kappa shape index (κ1) is 20.8. The molecule has 1 N–H and O–H groups in total. The Morgan fingerprint density at radius 1 is 1.19 bits per heavy atom. The normalized spacial score (nSPS) is 20.5. The predicted octanol–water partition coefficient (Wildman–Crippen LogP) is 1.56. The number of benzene rings is 1. The van der Waals surface area contributed by atoms with Gasteiger partial charge in [0.25, 0.3) is 0 Å². The molecule has 0 saturated carbocycles. The number of halogens is 1. The third kappa shape index (κ3) is 5.02. The predicted molar refractivity (Wildman–Crippen MR) is 105 cm³/mol. The van der Waals surface area contributed by atoms with Gasteiger partial charge in [-0.2, -0.15) is 0 Å². The number of nitrogens with one attached hydrogen (secondary N) is 1. The molecule has 2 aliphatic rings. The summed E-state index contributed by atoms with van der Waals surface area (Å²) in [6.07, 6.45) is 2.28. The highest BCUT2D eigenvalue weighted by atomic mass is 35.5. The van der Waals surface area contributed by atoms with Crippen molar-refractivity contribution in [3.05, 3.63) is 23.8 Å². The van der Waals surface area contributed by atoms with E-state index in [1.807, 2.05) is 23.1 Å². The van der Waals surface area contributed by atoms with Crippen LogP contribution >= 0.6 is 12.4 Å². The van der Waals surface area contributed by atoms with Crippen LogP contribution in [0.4, 0.5) is 0 Å². The average molecular weight is 384 g/mol. The van der Waals surface area contributed by atoms with Crippen LogP contribution in [-0.2, 0) is 11.2 Å². The van der Waals surface area contributed by atoms with Gasteiger partial charge >= 0.3 is 0 Å². The summed E-state index contributed by atoms with van der Waals surface area (Å²) in [5.41, 5.74) is 1.02. The lowest BCUT2D eigenvalue weighted by Gasteiger charge is -2.32. The second kappa shape index (κ2) is 10.00. The minimum Gasteiger partial charge on any atom is -0.497 e. The van der Waals surface area contributed by atoms with Gasteiger partial charge in [-0.1, -0.05) is 0 Å². The lowest BCUT2D eigenvalue weighted by atomic mass is 10.1. The Kier molecular flexibility index (Phi) is 8.00. The number of hydrogen-bond acceptors (Lipinski definition) is 5. The lowest BCUT2D eigenvalue weighted by Crippen LogP contribution is -2.49. The van der Waals surface area contributed by atoms with Gasteiger partial charge in [-0.15, -0.1) is 12.4 Å². The number of hydrogen-bond donors (Lipinski definition) is 1. The minimum atomic E-state index is 0. The highest BCUT2D eigenvalue weighted by Gasteiger charge is 2.30. The maximum absolute atomic E-state index is 12.6. The van der Waals surface area contributed by atoms with Crippen molar-refractivity contribution in [2.45, 2.75) is 25.3 Å². The summed E-state index contributed by atoms with van der Waals surface area (Å²) in [5, 5.41) is 3.39. The minimum absolute atomic E-state index is 0. The fourth-order valence-corrected chi connectivity index (χ4v) is 3.79. The van der Waals surface area contributed by atoms with E-state index in [1.54, 1.807) is 14.2 Å². The molecule has 3 rings (SSSR count). The first-order chi connectivity index (χ1) is 12.2. The van der Waals surface area contributed by atoms with Crippen LogP contribution in [-0.4, -0.2) is 75.2 Å². The second-order valence-electron chi connectivity index (χ2n) is 6.75. The van der Waals surface area contributed by atoms with E-state index in [1.165, 1.54) is 0 Å². The number of amides is 1. The van der Waals surface area contributed by atoms with E-state index in [9.17, 15) is 4.79 Å². The molecule has 0 bridgehead atoms. The standard InChI is InChI=1S/C19H29N3O3.ClH/c1-24-17-4-5-18(25-2)15(13-17)3-6-19(23)22-10-7-16(14-22)21-11-8-20-9-12-21;/h4-5,13,16,20H,3,6-12,14H2,1-2H3;1H. The van der Waals surface area contributed by atoms with E-state index in [0.29, 0.717) is 18.9 Å². The van der Waals surface area contributed by atoms with Crippen molar-refractivity contribution in [3.8, 4) is 11.5 Å². The topological polar surface area (TPSA) is 54.0 Å². The molecule has 2 saturated heterocycles. The molecule has 1 unspecified atom stereocenters. The molecule has 1 aromatic carbocycles. The molecule has 2 aliphatic heterocycles.